The Balaban J connectivity index is 2.13. The number of aliphatic imine (C=N–C) groups is 1. The summed E-state index contributed by atoms with van der Waals surface area (Å²) < 4.78 is 10.5. The van der Waals surface area contributed by atoms with Gasteiger partial charge in [-0.2, -0.15) is 0 Å². The predicted octanol–water partition coefficient (Wildman–Crippen LogP) is 2.78. The fourth-order valence-electron chi connectivity index (χ4n) is 2.16. The second-order valence-electron chi connectivity index (χ2n) is 4.52. The molecular formula is C15H14N2O3. The first kappa shape index (κ1) is 12.5. The molecule has 102 valence electrons. The third-order valence-electron chi connectivity index (χ3n) is 3.30. The monoisotopic (exact) mass is 270 g/mol. The minimum Gasteiger partial charge on any atom is -0.497 e. The van der Waals surface area contributed by atoms with E-state index in [0.717, 1.165) is 11.4 Å². The molecule has 1 aromatic heterocycles. The predicted molar refractivity (Wildman–Crippen MR) is 75.9 cm³/mol. The SMILES string of the molecule is COc1ccc2c(c1)N(C)C(=O)CC(c1ccco1)=N2. The van der Waals surface area contributed by atoms with Gasteiger partial charge in [0.25, 0.3) is 0 Å². The van der Waals surface area contributed by atoms with E-state index in [9.17, 15) is 4.79 Å². The maximum Gasteiger partial charge on any atom is 0.232 e. The fraction of sp³-hybridized carbons (Fsp3) is 0.200. The van der Waals surface area contributed by atoms with Crippen LogP contribution in [-0.4, -0.2) is 25.8 Å². The van der Waals surface area contributed by atoms with Gasteiger partial charge in [0.1, 0.15) is 11.5 Å². The highest BCUT2D eigenvalue weighted by Crippen LogP contribution is 2.35. The van der Waals surface area contributed by atoms with Gasteiger partial charge in [-0.3, -0.25) is 4.79 Å². The van der Waals surface area contributed by atoms with Crippen LogP contribution < -0.4 is 9.64 Å². The lowest BCUT2D eigenvalue weighted by Crippen LogP contribution is -2.26. The Morgan fingerprint density at radius 3 is 2.90 bits per heavy atom. The van der Waals surface area contributed by atoms with Gasteiger partial charge >= 0.3 is 0 Å². The molecule has 0 unspecified atom stereocenters. The van der Waals surface area contributed by atoms with E-state index in [0.29, 0.717) is 17.2 Å². The number of carbonyl (C=O) groups excluding carboxylic acids is 1. The van der Waals surface area contributed by atoms with Gasteiger partial charge in [-0.15, -0.1) is 0 Å². The standard InChI is InChI=1S/C15H14N2O3/c1-17-13-8-10(19-2)5-6-11(13)16-12(9-15(17)18)14-4-3-7-20-14/h3-8H,9H2,1-2H3. The molecule has 0 aliphatic carbocycles. The van der Waals surface area contributed by atoms with Crippen molar-refractivity contribution in [3.05, 3.63) is 42.4 Å². The molecule has 0 saturated heterocycles. The summed E-state index contributed by atoms with van der Waals surface area (Å²) in [7, 11) is 3.33. The maximum atomic E-state index is 12.2. The molecule has 0 spiro atoms. The van der Waals surface area contributed by atoms with Crippen LogP contribution in [0.4, 0.5) is 11.4 Å². The molecule has 3 rings (SSSR count). The number of hydrogen-bond acceptors (Lipinski definition) is 4. The number of methoxy groups -OCH3 is 1. The molecular weight excluding hydrogens is 256 g/mol. The number of furan rings is 1. The number of ether oxygens (including phenoxy) is 1. The summed E-state index contributed by atoms with van der Waals surface area (Å²) in [6.45, 7) is 0. The minimum atomic E-state index is -0.0350. The Morgan fingerprint density at radius 1 is 1.35 bits per heavy atom. The summed E-state index contributed by atoms with van der Waals surface area (Å²) in [5.74, 6) is 1.28. The van der Waals surface area contributed by atoms with Gasteiger partial charge in [0.05, 0.1) is 36.9 Å². The van der Waals surface area contributed by atoms with Crippen molar-refractivity contribution in [3.63, 3.8) is 0 Å². The Bertz CT molecular complexity index is 674. The summed E-state index contributed by atoms with van der Waals surface area (Å²) in [6, 6.07) is 9.06. The van der Waals surface area contributed by atoms with Gasteiger partial charge in [-0.05, 0) is 24.3 Å². The van der Waals surface area contributed by atoms with Crippen molar-refractivity contribution >= 4 is 23.0 Å². The molecule has 1 amide bonds. The van der Waals surface area contributed by atoms with Crippen molar-refractivity contribution in [2.75, 3.05) is 19.1 Å². The highest BCUT2D eigenvalue weighted by molar-refractivity contribution is 6.16. The lowest BCUT2D eigenvalue weighted by Gasteiger charge is -2.17. The molecule has 0 saturated carbocycles. The van der Waals surface area contributed by atoms with Gasteiger partial charge in [0.15, 0.2) is 0 Å². The number of fused-ring (bicyclic) bond motifs is 1. The normalized spacial score (nSPS) is 14.6. The first-order chi connectivity index (χ1) is 9.69. The first-order valence-corrected chi connectivity index (χ1v) is 6.25. The zero-order valence-corrected chi connectivity index (χ0v) is 11.3. The van der Waals surface area contributed by atoms with Crippen molar-refractivity contribution in [3.8, 4) is 5.75 Å². The van der Waals surface area contributed by atoms with E-state index in [-0.39, 0.29) is 12.3 Å². The van der Waals surface area contributed by atoms with E-state index in [4.69, 9.17) is 9.15 Å². The highest BCUT2D eigenvalue weighted by atomic mass is 16.5. The van der Waals surface area contributed by atoms with Crippen LogP contribution in [0.25, 0.3) is 0 Å². The zero-order valence-electron chi connectivity index (χ0n) is 11.3. The number of carbonyl (C=O) groups is 1. The summed E-state index contributed by atoms with van der Waals surface area (Å²) in [5.41, 5.74) is 2.09. The maximum absolute atomic E-state index is 12.2. The highest BCUT2D eigenvalue weighted by Gasteiger charge is 2.23. The molecule has 1 aliphatic rings. The molecule has 0 radical (unpaired) electrons. The number of nitrogens with zero attached hydrogens (tertiary/aromatic N) is 2. The van der Waals surface area contributed by atoms with Gasteiger partial charge in [-0.25, -0.2) is 4.99 Å². The molecule has 1 aliphatic heterocycles. The average molecular weight is 270 g/mol. The molecule has 0 bridgehead atoms. The van der Waals surface area contributed by atoms with Gasteiger partial charge < -0.3 is 14.1 Å². The second kappa shape index (κ2) is 4.85. The molecule has 1 aromatic carbocycles. The van der Waals surface area contributed by atoms with Crippen LogP contribution >= 0.6 is 0 Å². The van der Waals surface area contributed by atoms with E-state index < -0.39 is 0 Å². The van der Waals surface area contributed by atoms with E-state index in [1.165, 1.54) is 0 Å². The van der Waals surface area contributed by atoms with Crippen molar-refractivity contribution in [1.82, 2.24) is 0 Å². The minimum absolute atomic E-state index is 0.0350. The molecule has 0 atom stereocenters. The van der Waals surface area contributed by atoms with Crippen molar-refractivity contribution < 1.29 is 13.9 Å². The third-order valence-corrected chi connectivity index (χ3v) is 3.30. The van der Waals surface area contributed by atoms with E-state index >= 15 is 0 Å². The fourth-order valence-corrected chi connectivity index (χ4v) is 2.16. The molecule has 5 nitrogen and oxygen atoms in total. The molecule has 2 aromatic rings. The Kier molecular flexibility index (Phi) is 3.02. The molecule has 20 heavy (non-hydrogen) atoms. The molecule has 0 N–H and O–H groups in total. The lowest BCUT2D eigenvalue weighted by molar-refractivity contribution is -0.117. The summed E-state index contributed by atoms with van der Waals surface area (Å²) in [4.78, 5) is 18.4. The van der Waals surface area contributed by atoms with Crippen LogP contribution in [0.2, 0.25) is 0 Å². The summed E-state index contributed by atoms with van der Waals surface area (Å²) in [6.07, 6.45) is 1.78. The number of anilines is 1. The number of rotatable bonds is 2. The second-order valence-corrected chi connectivity index (χ2v) is 4.52. The quantitative estimate of drug-likeness (QED) is 0.843. The van der Waals surface area contributed by atoms with Gasteiger partial charge in [0.2, 0.25) is 5.91 Å². The zero-order chi connectivity index (χ0) is 14.1. The van der Waals surface area contributed by atoms with Crippen molar-refractivity contribution in [2.24, 2.45) is 4.99 Å². The molecule has 0 fully saturated rings. The number of hydrogen-bond donors (Lipinski definition) is 0. The Hall–Kier alpha value is -2.56. The summed E-state index contributed by atoms with van der Waals surface area (Å²) in [5, 5.41) is 0. The van der Waals surface area contributed by atoms with E-state index in [2.05, 4.69) is 4.99 Å². The molecule has 2 heterocycles. The van der Waals surface area contributed by atoms with Crippen LogP contribution in [0.15, 0.2) is 46.0 Å². The lowest BCUT2D eigenvalue weighted by atomic mass is 10.2. The van der Waals surface area contributed by atoms with Crippen LogP contribution in [0.5, 0.6) is 5.75 Å². The average Bonchev–Trinajstić information content (AvgIpc) is 2.96. The largest absolute Gasteiger partial charge is 0.497 e. The van der Waals surface area contributed by atoms with Crippen LogP contribution in [0, 0.1) is 0 Å². The van der Waals surface area contributed by atoms with Crippen molar-refractivity contribution in [1.29, 1.82) is 0 Å². The Labute approximate surface area is 116 Å². The van der Waals surface area contributed by atoms with Crippen LogP contribution in [0.1, 0.15) is 12.2 Å². The van der Waals surface area contributed by atoms with Crippen LogP contribution in [-0.2, 0) is 4.79 Å². The smallest absolute Gasteiger partial charge is 0.232 e. The third kappa shape index (κ3) is 2.07. The van der Waals surface area contributed by atoms with Crippen molar-refractivity contribution in [2.45, 2.75) is 6.42 Å². The summed E-state index contributed by atoms with van der Waals surface area (Å²) >= 11 is 0. The number of amides is 1. The topological polar surface area (TPSA) is 55.0 Å². The van der Waals surface area contributed by atoms with Gasteiger partial charge in [0, 0.05) is 13.1 Å². The number of benzene rings is 1. The Morgan fingerprint density at radius 2 is 2.20 bits per heavy atom. The van der Waals surface area contributed by atoms with Crippen LogP contribution in [0.3, 0.4) is 0 Å². The molecule has 5 heteroatoms. The van der Waals surface area contributed by atoms with E-state index in [1.807, 2.05) is 18.2 Å². The van der Waals surface area contributed by atoms with Gasteiger partial charge in [-0.1, -0.05) is 0 Å². The first-order valence-electron chi connectivity index (χ1n) is 6.25. The van der Waals surface area contributed by atoms with E-state index in [1.54, 1.807) is 37.5 Å².